The number of anilines is 1. The van der Waals surface area contributed by atoms with Crippen LogP contribution in [0.1, 0.15) is 32.6 Å². The molecule has 34 heavy (non-hydrogen) atoms. The quantitative estimate of drug-likeness (QED) is 0.498. The number of piperidine rings is 1. The Kier molecular flexibility index (Phi) is 7.38. The van der Waals surface area contributed by atoms with E-state index in [0.29, 0.717) is 30.9 Å². The molecule has 1 N–H and O–H groups in total. The largest absolute Gasteiger partial charge is 0.495 e. The van der Waals surface area contributed by atoms with Gasteiger partial charge in [-0.15, -0.1) is 0 Å². The molecule has 0 saturated carbocycles. The van der Waals surface area contributed by atoms with Gasteiger partial charge in [0.05, 0.1) is 7.11 Å². The fourth-order valence-electron chi connectivity index (χ4n) is 4.15. The Morgan fingerprint density at radius 2 is 1.74 bits per heavy atom. The standard InChI is InChI=1S/C26H30N2O5S/c1-3-23(33-22-13-11-19-9-5-6-10-20(19)17-22)26(29)27-21-12-14-24(32-2)25(18-21)34(30,31)28-15-7-4-8-16-28/h5-6,9-14,17-18,23H,3-4,7-8,15-16H2,1-2H3,(H,27,29)/t23-/m0/s1. The number of carbonyl (C=O) groups excluding carboxylic acids is 1. The number of amides is 1. The van der Waals surface area contributed by atoms with E-state index in [9.17, 15) is 13.2 Å². The third-order valence-corrected chi connectivity index (χ3v) is 7.95. The van der Waals surface area contributed by atoms with Crippen LogP contribution in [0.3, 0.4) is 0 Å². The molecular formula is C26H30N2O5S. The molecule has 180 valence electrons. The molecule has 3 aromatic carbocycles. The van der Waals surface area contributed by atoms with Crippen LogP contribution in [0.25, 0.3) is 10.8 Å². The summed E-state index contributed by atoms with van der Waals surface area (Å²) in [7, 11) is -2.29. The van der Waals surface area contributed by atoms with Crippen LogP contribution in [0, 0.1) is 0 Å². The highest BCUT2D eigenvalue weighted by Gasteiger charge is 2.29. The summed E-state index contributed by atoms with van der Waals surface area (Å²) in [4.78, 5) is 13.1. The lowest BCUT2D eigenvalue weighted by molar-refractivity contribution is -0.122. The number of sulfonamides is 1. The maximum atomic E-state index is 13.3. The van der Waals surface area contributed by atoms with Crippen molar-refractivity contribution in [1.82, 2.24) is 4.31 Å². The third-order valence-electron chi connectivity index (χ3n) is 6.03. The number of hydrogen-bond acceptors (Lipinski definition) is 5. The number of fused-ring (bicyclic) bond motifs is 1. The van der Waals surface area contributed by atoms with Crippen molar-refractivity contribution in [2.75, 3.05) is 25.5 Å². The summed E-state index contributed by atoms with van der Waals surface area (Å²) in [6.45, 7) is 2.84. The van der Waals surface area contributed by atoms with Crippen molar-refractivity contribution in [3.8, 4) is 11.5 Å². The molecule has 1 atom stereocenters. The van der Waals surface area contributed by atoms with Crippen molar-refractivity contribution in [3.63, 3.8) is 0 Å². The van der Waals surface area contributed by atoms with Gasteiger partial charge in [0.15, 0.2) is 6.10 Å². The zero-order chi connectivity index (χ0) is 24.1. The molecule has 0 aliphatic carbocycles. The van der Waals surface area contributed by atoms with Gasteiger partial charge >= 0.3 is 0 Å². The van der Waals surface area contributed by atoms with Crippen LogP contribution >= 0.6 is 0 Å². The Morgan fingerprint density at radius 3 is 2.44 bits per heavy atom. The molecule has 0 spiro atoms. The minimum absolute atomic E-state index is 0.0539. The van der Waals surface area contributed by atoms with Crippen molar-refractivity contribution in [2.45, 2.75) is 43.6 Å². The van der Waals surface area contributed by atoms with Crippen molar-refractivity contribution < 1.29 is 22.7 Å². The second kappa shape index (κ2) is 10.4. The first-order valence-electron chi connectivity index (χ1n) is 11.6. The van der Waals surface area contributed by atoms with E-state index in [4.69, 9.17) is 9.47 Å². The van der Waals surface area contributed by atoms with Gasteiger partial charge in [-0.2, -0.15) is 4.31 Å². The lowest BCUT2D eigenvalue weighted by atomic mass is 10.1. The predicted molar refractivity (Wildman–Crippen MR) is 133 cm³/mol. The number of rotatable bonds is 8. The highest BCUT2D eigenvalue weighted by atomic mass is 32.2. The first-order valence-corrected chi connectivity index (χ1v) is 13.0. The van der Waals surface area contributed by atoms with Crippen LogP contribution in [0.15, 0.2) is 65.6 Å². The van der Waals surface area contributed by atoms with Crippen LogP contribution in [0.5, 0.6) is 11.5 Å². The molecule has 1 heterocycles. The summed E-state index contributed by atoms with van der Waals surface area (Å²) in [5, 5.41) is 4.93. The van der Waals surface area contributed by atoms with Gasteiger partial charge in [-0.25, -0.2) is 8.42 Å². The summed E-state index contributed by atoms with van der Waals surface area (Å²) < 4.78 is 39.3. The smallest absolute Gasteiger partial charge is 0.265 e. The Labute approximate surface area is 200 Å². The fourth-order valence-corrected chi connectivity index (χ4v) is 5.85. The van der Waals surface area contributed by atoms with Crippen LogP contribution in [0.2, 0.25) is 0 Å². The monoisotopic (exact) mass is 482 g/mol. The van der Waals surface area contributed by atoms with E-state index in [-0.39, 0.29) is 16.6 Å². The van der Waals surface area contributed by atoms with E-state index in [1.54, 1.807) is 12.1 Å². The molecular weight excluding hydrogens is 452 g/mol. The Balaban J connectivity index is 1.53. The van der Waals surface area contributed by atoms with Crippen LogP contribution in [0.4, 0.5) is 5.69 Å². The third kappa shape index (κ3) is 5.18. The second-order valence-electron chi connectivity index (χ2n) is 8.34. The van der Waals surface area contributed by atoms with Gasteiger partial charge in [-0.05, 0) is 60.4 Å². The van der Waals surface area contributed by atoms with Gasteiger partial charge in [0.1, 0.15) is 16.4 Å². The number of methoxy groups -OCH3 is 1. The van der Waals surface area contributed by atoms with E-state index < -0.39 is 16.1 Å². The zero-order valence-corrected chi connectivity index (χ0v) is 20.3. The predicted octanol–water partition coefficient (Wildman–Crippen LogP) is 4.82. The topological polar surface area (TPSA) is 84.9 Å². The summed E-state index contributed by atoms with van der Waals surface area (Å²) in [6, 6.07) is 18.3. The highest BCUT2D eigenvalue weighted by molar-refractivity contribution is 7.89. The first kappa shape index (κ1) is 24.0. The van der Waals surface area contributed by atoms with Crippen molar-refractivity contribution in [3.05, 3.63) is 60.7 Å². The fraction of sp³-hybridized carbons (Fsp3) is 0.346. The molecule has 1 aliphatic rings. The zero-order valence-electron chi connectivity index (χ0n) is 19.5. The number of ether oxygens (including phenoxy) is 2. The molecule has 4 rings (SSSR count). The number of hydrogen-bond donors (Lipinski definition) is 1. The molecule has 0 aromatic heterocycles. The average Bonchev–Trinajstić information content (AvgIpc) is 2.87. The maximum Gasteiger partial charge on any atom is 0.265 e. The van der Waals surface area contributed by atoms with E-state index in [1.807, 2.05) is 49.4 Å². The molecule has 0 unspecified atom stereocenters. The van der Waals surface area contributed by atoms with Gasteiger partial charge in [0.2, 0.25) is 10.0 Å². The van der Waals surface area contributed by atoms with Gasteiger partial charge in [-0.1, -0.05) is 43.7 Å². The highest BCUT2D eigenvalue weighted by Crippen LogP contribution is 2.31. The van der Waals surface area contributed by atoms with Crippen LogP contribution < -0.4 is 14.8 Å². The summed E-state index contributed by atoms with van der Waals surface area (Å²) in [5.41, 5.74) is 0.377. The van der Waals surface area contributed by atoms with Crippen molar-refractivity contribution in [2.24, 2.45) is 0 Å². The lowest BCUT2D eigenvalue weighted by Gasteiger charge is -2.26. The Hall–Kier alpha value is -3.10. The van der Waals surface area contributed by atoms with Crippen molar-refractivity contribution >= 4 is 32.4 Å². The number of benzene rings is 3. The Morgan fingerprint density at radius 1 is 1.00 bits per heavy atom. The molecule has 7 nitrogen and oxygen atoms in total. The number of nitrogens with one attached hydrogen (secondary N) is 1. The SMILES string of the molecule is CC[C@H](Oc1ccc2ccccc2c1)C(=O)Nc1ccc(OC)c(S(=O)(=O)N2CCCCC2)c1. The summed E-state index contributed by atoms with van der Waals surface area (Å²) in [6.07, 6.45) is 2.41. The van der Waals surface area contributed by atoms with Crippen LogP contribution in [-0.4, -0.2) is 44.9 Å². The lowest BCUT2D eigenvalue weighted by Crippen LogP contribution is -2.36. The Bertz CT molecular complexity index is 1270. The molecule has 1 fully saturated rings. The average molecular weight is 483 g/mol. The molecule has 8 heteroatoms. The number of nitrogens with zero attached hydrogens (tertiary/aromatic N) is 1. The van der Waals surface area contributed by atoms with E-state index in [2.05, 4.69) is 5.32 Å². The maximum absolute atomic E-state index is 13.3. The van der Waals surface area contributed by atoms with E-state index >= 15 is 0 Å². The summed E-state index contributed by atoms with van der Waals surface area (Å²) in [5.74, 6) is 0.508. The summed E-state index contributed by atoms with van der Waals surface area (Å²) >= 11 is 0. The molecule has 3 aromatic rings. The molecule has 0 radical (unpaired) electrons. The second-order valence-corrected chi connectivity index (χ2v) is 10.2. The first-order chi connectivity index (χ1) is 16.4. The minimum Gasteiger partial charge on any atom is -0.495 e. The van der Waals surface area contributed by atoms with Gasteiger partial charge in [-0.3, -0.25) is 4.79 Å². The van der Waals surface area contributed by atoms with Gasteiger partial charge in [0.25, 0.3) is 5.91 Å². The van der Waals surface area contributed by atoms with Crippen molar-refractivity contribution in [1.29, 1.82) is 0 Å². The normalized spacial score (nSPS) is 15.6. The minimum atomic E-state index is -3.73. The number of carbonyl (C=O) groups is 1. The molecule has 0 bridgehead atoms. The van der Waals surface area contributed by atoms with Crippen LogP contribution in [-0.2, 0) is 14.8 Å². The molecule has 1 aliphatic heterocycles. The van der Waals surface area contributed by atoms with E-state index in [1.165, 1.54) is 17.5 Å². The van der Waals surface area contributed by atoms with E-state index in [0.717, 1.165) is 30.0 Å². The van der Waals surface area contributed by atoms with Gasteiger partial charge < -0.3 is 14.8 Å². The molecule has 1 saturated heterocycles. The molecule has 1 amide bonds. The van der Waals surface area contributed by atoms with Gasteiger partial charge in [0, 0.05) is 18.8 Å².